The molecule has 1 aliphatic rings. The second kappa shape index (κ2) is 8.63. The van der Waals surface area contributed by atoms with Crippen molar-refractivity contribution in [3.63, 3.8) is 0 Å². The summed E-state index contributed by atoms with van der Waals surface area (Å²) in [6.45, 7) is 1.76. The molecule has 1 heterocycles. The summed E-state index contributed by atoms with van der Waals surface area (Å²) in [7, 11) is 0. The van der Waals surface area contributed by atoms with E-state index in [0.717, 1.165) is 0 Å². The molecule has 2 aromatic rings. The SMILES string of the molecule is CSC1=C(C#N)C(c2cccc([N+](=O)[O-])c2)C(C(=O)Nc2ccccc2)=C(C)N1. The predicted molar refractivity (Wildman–Crippen MR) is 113 cm³/mol. The molecule has 2 N–H and O–H groups in total. The number of nitrogens with one attached hydrogen (secondary N) is 2. The molecule has 0 saturated heterocycles. The van der Waals surface area contributed by atoms with E-state index >= 15 is 0 Å². The number of nitriles is 1. The van der Waals surface area contributed by atoms with Gasteiger partial charge in [-0.3, -0.25) is 14.9 Å². The van der Waals surface area contributed by atoms with Crippen molar-refractivity contribution in [3.8, 4) is 6.07 Å². The zero-order valence-electron chi connectivity index (χ0n) is 15.8. The van der Waals surface area contributed by atoms with Gasteiger partial charge in [0.25, 0.3) is 11.6 Å². The highest BCUT2D eigenvalue weighted by Crippen LogP contribution is 2.41. The lowest BCUT2D eigenvalue weighted by molar-refractivity contribution is -0.384. The molecule has 0 saturated carbocycles. The topological polar surface area (TPSA) is 108 Å². The van der Waals surface area contributed by atoms with Crippen molar-refractivity contribution >= 4 is 29.0 Å². The Labute approximate surface area is 172 Å². The Bertz CT molecular complexity index is 1070. The minimum absolute atomic E-state index is 0.0931. The Balaban J connectivity index is 2.12. The highest BCUT2D eigenvalue weighted by molar-refractivity contribution is 8.02. The monoisotopic (exact) mass is 406 g/mol. The van der Waals surface area contributed by atoms with Crippen LogP contribution in [0, 0.1) is 21.4 Å². The van der Waals surface area contributed by atoms with Gasteiger partial charge in [-0.15, -0.1) is 11.8 Å². The van der Waals surface area contributed by atoms with Crippen molar-refractivity contribution in [2.45, 2.75) is 12.8 Å². The lowest BCUT2D eigenvalue weighted by Crippen LogP contribution is -2.30. The van der Waals surface area contributed by atoms with Gasteiger partial charge < -0.3 is 10.6 Å². The van der Waals surface area contributed by atoms with E-state index < -0.39 is 10.8 Å². The second-order valence-corrected chi connectivity index (χ2v) is 7.14. The molecule has 146 valence electrons. The van der Waals surface area contributed by atoms with Crippen molar-refractivity contribution in [3.05, 3.63) is 92.1 Å². The van der Waals surface area contributed by atoms with Crippen LogP contribution >= 0.6 is 11.8 Å². The average Bonchev–Trinajstić information content (AvgIpc) is 2.73. The van der Waals surface area contributed by atoms with Crippen molar-refractivity contribution in [2.75, 3.05) is 11.6 Å². The van der Waals surface area contributed by atoms with E-state index in [1.165, 1.54) is 23.9 Å². The molecule has 3 rings (SSSR count). The van der Waals surface area contributed by atoms with Gasteiger partial charge in [0, 0.05) is 29.1 Å². The molecule has 2 aromatic carbocycles. The van der Waals surface area contributed by atoms with Gasteiger partial charge in [-0.25, -0.2) is 0 Å². The summed E-state index contributed by atoms with van der Waals surface area (Å²) in [6.07, 6.45) is 1.83. The third kappa shape index (κ3) is 4.15. The number of dihydropyridines is 1. The first kappa shape index (κ1) is 20.2. The van der Waals surface area contributed by atoms with Crippen LogP contribution in [0.1, 0.15) is 18.4 Å². The van der Waals surface area contributed by atoms with Crippen molar-refractivity contribution in [2.24, 2.45) is 0 Å². The summed E-state index contributed by atoms with van der Waals surface area (Å²) in [6, 6.07) is 17.2. The maximum absolute atomic E-state index is 13.2. The summed E-state index contributed by atoms with van der Waals surface area (Å²) in [5.41, 5.74) is 2.34. The van der Waals surface area contributed by atoms with Gasteiger partial charge in [0.2, 0.25) is 0 Å². The molecule has 7 nitrogen and oxygen atoms in total. The Hall–Kier alpha value is -3.57. The molecular weight excluding hydrogens is 388 g/mol. The standard InChI is InChI=1S/C21H18N4O3S/c1-13-18(20(26)24-15-8-4-3-5-9-15)19(17(12-22)21(23-13)29-2)14-7-6-10-16(11-14)25(27)28/h3-11,19,23H,1-2H3,(H,24,26). The van der Waals surface area contributed by atoms with Crippen LogP contribution in [0.2, 0.25) is 0 Å². The first-order valence-corrected chi connectivity index (χ1v) is 9.95. The largest absolute Gasteiger partial charge is 0.353 e. The lowest BCUT2D eigenvalue weighted by atomic mass is 9.82. The van der Waals surface area contributed by atoms with Gasteiger partial charge in [-0.2, -0.15) is 5.26 Å². The molecular formula is C21H18N4O3S. The predicted octanol–water partition coefficient (Wildman–Crippen LogP) is 4.29. The Morgan fingerprint density at radius 3 is 2.59 bits per heavy atom. The minimum Gasteiger partial charge on any atom is -0.353 e. The highest BCUT2D eigenvalue weighted by Gasteiger charge is 2.35. The van der Waals surface area contributed by atoms with E-state index in [0.29, 0.717) is 33.1 Å². The maximum Gasteiger partial charge on any atom is 0.269 e. The van der Waals surface area contributed by atoms with Gasteiger partial charge in [-0.1, -0.05) is 30.3 Å². The van der Waals surface area contributed by atoms with Gasteiger partial charge >= 0.3 is 0 Å². The number of allylic oxidation sites excluding steroid dienone is 2. The van der Waals surface area contributed by atoms with E-state index in [-0.39, 0.29) is 11.6 Å². The summed E-state index contributed by atoms with van der Waals surface area (Å²) in [5, 5.41) is 27.7. The first-order chi connectivity index (χ1) is 14.0. The molecule has 0 aromatic heterocycles. The average molecular weight is 406 g/mol. The van der Waals surface area contributed by atoms with Gasteiger partial charge in [0.1, 0.15) is 0 Å². The molecule has 29 heavy (non-hydrogen) atoms. The Morgan fingerprint density at radius 2 is 1.97 bits per heavy atom. The summed E-state index contributed by atoms with van der Waals surface area (Å²) in [5.74, 6) is -1.09. The fourth-order valence-electron chi connectivity index (χ4n) is 3.25. The summed E-state index contributed by atoms with van der Waals surface area (Å²) < 4.78 is 0. The number of nitrogens with zero attached hydrogens (tertiary/aromatic N) is 2. The third-order valence-corrected chi connectivity index (χ3v) is 5.27. The normalized spacial score (nSPS) is 16.1. The van der Waals surface area contributed by atoms with E-state index in [1.807, 2.05) is 12.3 Å². The molecule has 0 bridgehead atoms. The van der Waals surface area contributed by atoms with E-state index in [4.69, 9.17) is 0 Å². The zero-order chi connectivity index (χ0) is 21.0. The number of anilines is 1. The number of nitro benzene ring substituents is 1. The summed E-state index contributed by atoms with van der Waals surface area (Å²) in [4.78, 5) is 23.9. The van der Waals surface area contributed by atoms with Gasteiger partial charge in [0.05, 0.1) is 27.5 Å². The molecule has 1 atom stereocenters. The van der Waals surface area contributed by atoms with Crippen LogP contribution in [-0.2, 0) is 4.79 Å². The van der Waals surface area contributed by atoms with Crippen LogP contribution in [0.15, 0.2) is 76.5 Å². The lowest BCUT2D eigenvalue weighted by Gasteiger charge is -2.29. The Kier molecular flexibility index (Phi) is 6.00. The van der Waals surface area contributed by atoms with Crippen molar-refractivity contribution < 1.29 is 9.72 Å². The number of hydrogen-bond donors (Lipinski definition) is 2. The number of thioether (sulfide) groups is 1. The summed E-state index contributed by atoms with van der Waals surface area (Å²) >= 11 is 1.36. The van der Waals surface area contributed by atoms with E-state index in [1.54, 1.807) is 43.3 Å². The molecule has 1 amide bonds. The minimum atomic E-state index is -0.715. The third-order valence-electron chi connectivity index (χ3n) is 4.54. The van der Waals surface area contributed by atoms with Crippen molar-refractivity contribution in [1.82, 2.24) is 5.32 Å². The van der Waals surface area contributed by atoms with Gasteiger partial charge in [0.15, 0.2) is 0 Å². The zero-order valence-corrected chi connectivity index (χ0v) is 16.6. The smallest absolute Gasteiger partial charge is 0.269 e. The number of non-ortho nitro benzene ring substituents is 1. The van der Waals surface area contributed by atoms with E-state index in [2.05, 4.69) is 16.7 Å². The highest BCUT2D eigenvalue weighted by atomic mass is 32.2. The number of carbonyl (C=O) groups excluding carboxylic acids is 1. The number of amides is 1. The number of carbonyl (C=O) groups is 1. The quantitative estimate of drug-likeness (QED) is 0.566. The van der Waals surface area contributed by atoms with E-state index in [9.17, 15) is 20.2 Å². The van der Waals surface area contributed by atoms with Crippen LogP contribution in [0.3, 0.4) is 0 Å². The number of benzene rings is 2. The van der Waals surface area contributed by atoms with Crippen molar-refractivity contribution in [1.29, 1.82) is 5.26 Å². The van der Waals surface area contributed by atoms with Crippen LogP contribution < -0.4 is 10.6 Å². The van der Waals surface area contributed by atoms with Crippen LogP contribution in [0.4, 0.5) is 11.4 Å². The van der Waals surface area contributed by atoms with Crippen LogP contribution in [0.25, 0.3) is 0 Å². The molecule has 0 spiro atoms. The second-order valence-electron chi connectivity index (χ2n) is 6.33. The number of para-hydroxylation sites is 1. The Morgan fingerprint density at radius 1 is 1.24 bits per heavy atom. The molecule has 0 aliphatic carbocycles. The molecule has 0 fully saturated rings. The molecule has 0 radical (unpaired) electrons. The number of hydrogen-bond acceptors (Lipinski definition) is 6. The van der Waals surface area contributed by atoms with Crippen LogP contribution in [0.5, 0.6) is 0 Å². The molecule has 8 heteroatoms. The maximum atomic E-state index is 13.2. The van der Waals surface area contributed by atoms with Crippen LogP contribution in [-0.4, -0.2) is 17.1 Å². The fourth-order valence-corrected chi connectivity index (χ4v) is 3.88. The fraction of sp³-hybridized carbons (Fsp3) is 0.143. The first-order valence-electron chi connectivity index (χ1n) is 8.73. The van der Waals surface area contributed by atoms with Gasteiger partial charge in [-0.05, 0) is 30.9 Å². The molecule has 1 aliphatic heterocycles. The number of rotatable bonds is 5. The number of nitro groups is 1. The molecule has 1 unspecified atom stereocenters.